The maximum Gasteiger partial charge on any atom is 0.0983 e. The second kappa shape index (κ2) is 5.14. The molecule has 0 aromatic rings. The van der Waals surface area contributed by atoms with Crippen LogP contribution in [0.5, 0.6) is 0 Å². The van der Waals surface area contributed by atoms with E-state index >= 15 is 0 Å². The summed E-state index contributed by atoms with van der Waals surface area (Å²) in [6, 6.07) is 0. The highest BCUT2D eigenvalue weighted by Crippen LogP contribution is 2.50. The van der Waals surface area contributed by atoms with Gasteiger partial charge in [0.1, 0.15) is 0 Å². The van der Waals surface area contributed by atoms with Crippen molar-refractivity contribution in [3.8, 4) is 0 Å². The molecule has 0 bridgehead atoms. The van der Waals surface area contributed by atoms with Gasteiger partial charge in [0.25, 0.3) is 0 Å². The van der Waals surface area contributed by atoms with Gasteiger partial charge in [-0.15, -0.1) is 0 Å². The molecule has 98 valence electrons. The summed E-state index contributed by atoms with van der Waals surface area (Å²) in [5.41, 5.74) is 1.85. The number of ether oxygens (including phenoxy) is 1. The third-order valence-corrected chi connectivity index (χ3v) is 4.55. The number of allylic oxidation sites excluding steroid dienone is 1. The minimum absolute atomic E-state index is 0.260. The van der Waals surface area contributed by atoms with Crippen LogP contribution in [0.3, 0.4) is 0 Å². The lowest BCUT2D eigenvalue weighted by molar-refractivity contribution is 0.148. The average molecular weight is 236 g/mol. The van der Waals surface area contributed by atoms with Crippen LogP contribution in [0.4, 0.5) is 0 Å². The Labute approximate surface area is 107 Å². The Morgan fingerprint density at radius 2 is 2.12 bits per heavy atom. The van der Waals surface area contributed by atoms with Crippen molar-refractivity contribution in [1.29, 1.82) is 0 Å². The zero-order valence-corrected chi connectivity index (χ0v) is 12.0. The molecule has 1 saturated heterocycles. The van der Waals surface area contributed by atoms with Crippen LogP contribution < -0.4 is 0 Å². The molecule has 1 nitrogen and oxygen atoms in total. The van der Waals surface area contributed by atoms with Crippen molar-refractivity contribution in [1.82, 2.24) is 0 Å². The van der Waals surface area contributed by atoms with Crippen LogP contribution in [0.1, 0.15) is 59.8 Å². The van der Waals surface area contributed by atoms with Gasteiger partial charge in [0.05, 0.1) is 12.2 Å². The number of hydrogen-bond donors (Lipinski definition) is 0. The van der Waals surface area contributed by atoms with Crippen molar-refractivity contribution in [3.63, 3.8) is 0 Å². The van der Waals surface area contributed by atoms with Gasteiger partial charge in [-0.1, -0.05) is 32.4 Å². The molecule has 3 atom stereocenters. The van der Waals surface area contributed by atoms with E-state index in [1.807, 2.05) is 0 Å². The fourth-order valence-corrected chi connectivity index (χ4v) is 3.39. The van der Waals surface area contributed by atoms with E-state index in [9.17, 15) is 0 Å². The summed E-state index contributed by atoms with van der Waals surface area (Å²) >= 11 is 0. The van der Waals surface area contributed by atoms with Crippen molar-refractivity contribution in [2.45, 2.75) is 65.4 Å². The van der Waals surface area contributed by atoms with Gasteiger partial charge in [0.15, 0.2) is 0 Å². The first kappa shape index (κ1) is 13.1. The van der Waals surface area contributed by atoms with Crippen LogP contribution in [-0.4, -0.2) is 12.2 Å². The second-order valence-corrected chi connectivity index (χ2v) is 6.71. The SMILES string of the molecule is C/C(=C\CCC(C)C)C1CC[C@H](C)CC12CO2. The van der Waals surface area contributed by atoms with Crippen molar-refractivity contribution in [3.05, 3.63) is 11.6 Å². The highest BCUT2D eigenvalue weighted by atomic mass is 16.6. The predicted molar refractivity (Wildman–Crippen MR) is 73.0 cm³/mol. The van der Waals surface area contributed by atoms with Gasteiger partial charge in [-0.25, -0.2) is 0 Å². The van der Waals surface area contributed by atoms with Crippen LogP contribution in [0.15, 0.2) is 11.6 Å². The minimum atomic E-state index is 0.260. The fourth-order valence-electron chi connectivity index (χ4n) is 3.39. The molecule has 17 heavy (non-hydrogen) atoms. The van der Waals surface area contributed by atoms with Crippen molar-refractivity contribution in [2.75, 3.05) is 6.61 Å². The van der Waals surface area contributed by atoms with E-state index in [4.69, 9.17) is 4.74 Å². The van der Waals surface area contributed by atoms with Gasteiger partial charge in [-0.05, 0) is 50.9 Å². The Morgan fingerprint density at radius 3 is 2.71 bits per heavy atom. The summed E-state index contributed by atoms with van der Waals surface area (Å²) < 4.78 is 5.83. The smallest absolute Gasteiger partial charge is 0.0983 e. The molecule has 1 saturated carbocycles. The maximum atomic E-state index is 5.83. The Hall–Kier alpha value is -0.300. The molecule has 0 N–H and O–H groups in total. The molecule has 0 aromatic carbocycles. The third-order valence-electron chi connectivity index (χ3n) is 4.55. The first-order valence-electron chi connectivity index (χ1n) is 7.34. The highest BCUT2D eigenvalue weighted by molar-refractivity contribution is 5.17. The Bertz CT molecular complexity index is 286. The first-order valence-corrected chi connectivity index (χ1v) is 7.34. The fraction of sp³-hybridized carbons (Fsp3) is 0.875. The number of rotatable bonds is 4. The van der Waals surface area contributed by atoms with Crippen LogP contribution in [0, 0.1) is 17.8 Å². The molecular formula is C16H28O. The van der Waals surface area contributed by atoms with Gasteiger partial charge in [-0.3, -0.25) is 0 Å². The molecule has 2 fully saturated rings. The topological polar surface area (TPSA) is 12.5 Å². The molecule has 1 aliphatic carbocycles. The van der Waals surface area contributed by atoms with E-state index < -0.39 is 0 Å². The van der Waals surface area contributed by atoms with Crippen molar-refractivity contribution < 1.29 is 4.74 Å². The summed E-state index contributed by atoms with van der Waals surface area (Å²) in [6.07, 6.45) is 9.04. The second-order valence-electron chi connectivity index (χ2n) is 6.71. The molecule has 0 amide bonds. The van der Waals surface area contributed by atoms with E-state index in [0.29, 0.717) is 5.92 Å². The third kappa shape index (κ3) is 3.13. The van der Waals surface area contributed by atoms with Crippen LogP contribution in [-0.2, 0) is 4.74 Å². The number of epoxide rings is 1. The Kier molecular flexibility index (Phi) is 3.97. The Morgan fingerprint density at radius 1 is 1.41 bits per heavy atom. The summed E-state index contributed by atoms with van der Waals surface area (Å²) in [5.74, 6) is 2.39. The molecule has 1 spiro atoms. The van der Waals surface area contributed by atoms with Gasteiger partial charge in [0.2, 0.25) is 0 Å². The molecule has 1 heterocycles. The standard InChI is InChI=1S/C16H28O/c1-12(2)6-5-7-14(4)15-9-8-13(3)10-16(15)11-17-16/h7,12-13,15H,5-6,8-11H2,1-4H3/b14-7+/t13-,15?,16?/m0/s1. The summed E-state index contributed by atoms with van der Waals surface area (Å²) in [6.45, 7) is 10.3. The molecular weight excluding hydrogens is 208 g/mol. The summed E-state index contributed by atoms with van der Waals surface area (Å²) in [4.78, 5) is 0. The van der Waals surface area contributed by atoms with Crippen LogP contribution in [0.2, 0.25) is 0 Å². The molecule has 0 radical (unpaired) electrons. The minimum Gasteiger partial charge on any atom is -0.369 e. The Balaban J connectivity index is 1.92. The van der Waals surface area contributed by atoms with E-state index in [2.05, 4.69) is 33.8 Å². The lowest BCUT2D eigenvalue weighted by Crippen LogP contribution is -2.32. The van der Waals surface area contributed by atoms with Crippen molar-refractivity contribution in [2.24, 2.45) is 17.8 Å². The molecule has 1 aliphatic heterocycles. The van der Waals surface area contributed by atoms with E-state index in [0.717, 1.165) is 18.4 Å². The van der Waals surface area contributed by atoms with Gasteiger partial charge in [-0.2, -0.15) is 0 Å². The quantitative estimate of drug-likeness (QED) is 0.514. The van der Waals surface area contributed by atoms with Gasteiger partial charge in [0, 0.05) is 5.92 Å². The van der Waals surface area contributed by atoms with E-state index in [-0.39, 0.29) is 5.60 Å². The van der Waals surface area contributed by atoms with E-state index in [1.165, 1.54) is 32.1 Å². The molecule has 2 rings (SSSR count). The summed E-state index contributed by atoms with van der Waals surface area (Å²) in [5, 5.41) is 0. The maximum absolute atomic E-state index is 5.83. The molecule has 0 aromatic heterocycles. The molecule has 2 unspecified atom stereocenters. The van der Waals surface area contributed by atoms with Crippen LogP contribution in [0.25, 0.3) is 0 Å². The monoisotopic (exact) mass is 236 g/mol. The normalized spacial score (nSPS) is 37.8. The largest absolute Gasteiger partial charge is 0.369 e. The lowest BCUT2D eigenvalue weighted by Gasteiger charge is -2.33. The van der Waals surface area contributed by atoms with E-state index in [1.54, 1.807) is 5.57 Å². The van der Waals surface area contributed by atoms with Gasteiger partial charge >= 0.3 is 0 Å². The van der Waals surface area contributed by atoms with Crippen LogP contribution >= 0.6 is 0 Å². The summed E-state index contributed by atoms with van der Waals surface area (Å²) in [7, 11) is 0. The zero-order valence-electron chi connectivity index (χ0n) is 12.0. The molecule has 2 aliphatic rings. The average Bonchev–Trinajstić information content (AvgIpc) is 2.97. The van der Waals surface area contributed by atoms with Gasteiger partial charge < -0.3 is 4.74 Å². The highest BCUT2D eigenvalue weighted by Gasteiger charge is 2.54. The first-order chi connectivity index (χ1) is 8.03. The lowest BCUT2D eigenvalue weighted by atomic mass is 9.71. The molecule has 1 heteroatoms. The predicted octanol–water partition coefficient (Wildman–Crippen LogP) is 4.57. The number of hydrogen-bond acceptors (Lipinski definition) is 1. The van der Waals surface area contributed by atoms with Crippen molar-refractivity contribution >= 4 is 0 Å². The zero-order chi connectivity index (χ0) is 12.5.